The normalized spacial score (nSPS) is 15.7. The molecule has 0 atom stereocenters. The van der Waals surface area contributed by atoms with Gasteiger partial charge in [0, 0.05) is 50.4 Å². The summed E-state index contributed by atoms with van der Waals surface area (Å²) >= 11 is 0. The Labute approximate surface area is 251 Å². The molecule has 0 radical (unpaired) electrons. The molecule has 0 spiro atoms. The Balaban J connectivity index is 1.45. The van der Waals surface area contributed by atoms with Gasteiger partial charge < -0.3 is 9.80 Å². The summed E-state index contributed by atoms with van der Waals surface area (Å²) in [7, 11) is 1.84. The van der Waals surface area contributed by atoms with Gasteiger partial charge in [0.1, 0.15) is 11.6 Å². The van der Waals surface area contributed by atoms with Crippen molar-refractivity contribution < 1.29 is 26.3 Å². The van der Waals surface area contributed by atoms with Gasteiger partial charge in [0.05, 0.1) is 16.8 Å². The highest BCUT2D eigenvalue weighted by Crippen LogP contribution is 2.39. The average molecular weight is 617 g/mol. The lowest BCUT2D eigenvalue weighted by Crippen LogP contribution is -2.32. The second-order valence-electron chi connectivity index (χ2n) is 12.3. The zero-order chi connectivity index (χ0) is 31.4. The first-order valence-electron chi connectivity index (χ1n) is 14.8. The molecule has 0 amide bonds. The number of anilines is 2. The van der Waals surface area contributed by atoms with E-state index in [0.29, 0.717) is 17.7 Å². The minimum atomic E-state index is -4.94. The summed E-state index contributed by atoms with van der Waals surface area (Å²) in [6.45, 7) is 5.40. The number of rotatable bonds is 10. The second-order valence-corrected chi connectivity index (χ2v) is 12.3. The van der Waals surface area contributed by atoms with Gasteiger partial charge in [0.25, 0.3) is 0 Å². The first kappa shape index (κ1) is 30.2. The third-order valence-corrected chi connectivity index (χ3v) is 8.31. The molecule has 2 fully saturated rings. The zero-order valence-corrected chi connectivity index (χ0v) is 24.8. The number of hydrogen-bond donors (Lipinski definition) is 0. The highest BCUT2D eigenvalue weighted by Gasteiger charge is 2.37. The topological polar surface area (TPSA) is 50.1 Å². The molecule has 0 bridgehead atoms. The largest absolute Gasteiger partial charge is 0.416 e. The van der Waals surface area contributed by atoms with Crippen molar-refractivity contribution in [1.82, 2.24) is 19.7 Å². The lowest BCUT2D eigenvalue weighted by Gasteiger charge is -2.30. The number of fused-ring (bicyclic) bond motifs is 1. The number of aryl methyl sites for hydroxylation is 3. The van der Waals surface area contributed by atoms with E-state index in [1.54, 1.807) is 21.8 Å². The number of pyridine rings is 2. The highest BCUT2D eigenvalue weighted by molar-refractivity contribution is 5.82. The predicted octanol–water partition coefficient (Wildman–Crippen LogP) is 7.85. The predicted molar refractivity (Wildman–Crippen MR) is 156 cm³/mol. The molecule has 0 N–H and O–H groups in total. The van der Waals surface area contributed by atoms with Crippen molar-refractivity contribution in [3.05, 3.63) is 76.1 Å². The van der Waals surface area contributed by atoms with E-state index >= 15 is 0 Å². The van der Waals surface area contributed by atoms with Crippen molar-refractivity contribution in [2.75, 3.05) is 22.9 Å². The molecule has 1 aromatic carbocycles. The number of alkyl halides is 6. The zero-order valence-electron chi connectivity index (χ0n) is 24.8. The molecule has 4 aromatic rings. The van der Waals surface area contributed by atoms with Crippen LogP contribution in [0.4, 0.5) is 38.0 Å². The smallest absolute Gasteiger partial charge is 0.356 e. The summed E-state index contributed by atoms with van der Waals surface area (Å²) in [5.74, 6) is 2.36. The van der Waals surface area contributed by atoms with Gasteiger partial charge in [0.2, 0.25) is 0 Å². The lowest BCUT2D eigenvalue weighted by molar-refractivity contribution is -0.143. The molecule has 6 nitrogen and oxygen atoms in total. The Hall–Kier alpha value is -3.83. The van der Waals surface area contributed by atoms with Gasteiger partial charge in [-0.05, 0) is 92.8 Å². The number of benzene rings is 1. The molecule has 44 heavy (non-hydrogen) atoms. The third kappa shape index (κ3) is 6.78. The minimum absolute atomic E-state index is 0.115. The maximum Gasteiger partial charge on any atom is 0.416 e. The van der Waals surface area contributed by atoms with E-state index < -0.39 is 23.5 Å². The number of hydrogen-bond acceptors (Lipinski definition) is 5. The summed E-state index contributed by atoms with van der Waals surface area (Å²) in [6, 6.07) is 7.31. The average Bonchev–Trinajstić information content (AvgIpc) is 3.89. The molecule has 12 heteroatoms. The van der Waals surface area contributed by atoms with Crippen molar-refractivity contribution in [2.24, 2.45) is 18.9 Å². The lowest BCUT2D eigenvalue weighted by atomic mass is 10.0. The van der Waals surface area contributed by atoms with E-state index in [1.165, 1.54) is 0 Å². The number of aromatic nitrogens is 4. The standard InChI is InChI=1S/C32H34F6N6/c1-19-4-9-28(39-14-19)43(17-23-10-25(31(33,34)35)13-26(11-23)32(36,37)38)18-24-12-27-20(2)41-42(3)30(27)40-29(24)44(15-21-5-6-21)16-22-7-8-22/h4,9-14,21-22H,5-8,15-18H2,1-3H3. The monoisotopic (exact) mass is 616 g/mol. The van der Waals surface area contributed by atoms with E-state index in [4.69, 9.17) is 4.98 Å². The van der Waals surface area contributed by atoms with Crippen LogP contribution in [0.15, 0.2) is 42.6 Å². The Morgan fingerprint density at radius 3 is 1.95 bits per heavy atom. The Morgan fingerprint density at radius 2 is 1.43 bits per heavy atom. The maximum atomic E-state index is 13.7. The molecule has 2 saturated carbocycles. The molecule has 0 aliphatic heterocycles. The van der Waals surface area contributed by atoms with E-state index in [9.17, 15) is 26.3 Å². The highest BCUT2D eigenvalue weighted by atomic mass is 19.4. The van der Waals surface area contributed by atoms with Gasteiger partial charge in [-0.15, -0.1) is 0 Å². The van der Waals surface area contributed by atoms with Crippen molar-refractivity contribution in [3.63, 3.8) is 0 Å². The SMILES string of the molecule is Cc1ccc(N(Cc2cc(C(F)(F)F)cc(C(F)(F)F)c2)Cc2cc3c(C)nn(C)c3nc2N(CC2CC2)CC2CC2)nc1. The maximum absolute atomic E-state index is 13.7. The van der Waals surface area contributed by atoms with Crippen molar-refractivity contribution in [3.8, 4) is 0 Å². The number of nitrogens with zero attached hydrogens (tertiary/aromatic N) is 6. The summed E-state index contributed by atoms with van der Waals surface area (Å²) in [5.41, 5.74) is 0.414. The third-order valence-electron chi connectivity index (χ3n) is 8.31. The van der Waals surface area contributed by atoms with Crippen LogP contribution in [0.5, 0.6) is 0 Å². The van der Waals surface area contributed by atoms with Gasteiger partial charge in [-0.3, -0.25) is 4.68 Å². The van der Waals surface area contributed by atoms with Crippen molar-refractivity contribution >= 4 is 22.7 Å². The molecular formula is C32H34F6N6. The Bertz CT molecular complexity index is 1600. The molecule has 3 heterocycles. The van der Waals surface area contributed by atoms with Crippen LogP contribution in [-0.2, 0) is 32.5 Å². The van der Waals surface area contributed by atoms with Crippen LogP contribution in [-0.4, -0.2) is 32.8 Å². The van der Waals surface area contributed by atoms with Crippen LogP contribution in [0.1, 0.15) is 59.2 Å². The van der Waals surface area contributed by atoms with Crippen molar-refractivity contribution in [2.45, 2.75) is 65.0 Å². The Morgan fingerprint density at radius 1 is 0.818 bits per heavy atom. The molecule has 234 valence electrons. The van der Waals surface area contributed by atoms with Crippen LogP contribution in [0.3, 0.4) is 0 Å². The molecule has 0 unspecified atom stereocenters. The molecule has 6 rings (SSSR count). The second kappa shape index (κ2) is 11.3. The van der Waals surface area contributed by atoms with Crippen LogP contribution < -0.4 is 9.80 Å². The van der Waals surface area contributed by atoms with E-state index in [0.717, 1.165) is 84.6 Å². The summed E-state index contributed by atoms with van der Waals surface area (Å²) in [5, 5.41) is 5.40. The molecule has 2 aliphatic rings. The quantitative estimate of drug-likeness (QED) is 0.170. The minimum Gasteiger partial charge on any atom is -0.356 e. The van der Waals surface area contributed by atoms with Crippen LogP contribution in [0.2, 0.25) is 0 Å². The van der Waals surface area contributed by atoms with Crippen molar-refractivity contribution in [1.29, 1.82) is 0 Å². The molecule has 0 saturated heterocycles. The fourth-order valence-corrected chi connectivity index (χ4v) is 5.64. The van der Waals surface area contributed by atoms with Gasteiger partial charge in [-0.1, -0.05) is 6.07 Å². The fraction of sp³-hybridized carbons (Fsp3) is 0.469. The fourth-order valence-electron chi connectivity index (χ4n) is 5.64. The van der Waals surface area contributed by atoms with E-state index in [-0.39, 0.29) is 24.7 Å². The molecule has 3 aromatic heterocycles. The van der Waals surface area contributed by atoms with Gasteiger partial charge in [0.15, 0.2) is 5.65 Å². The number of halogens is 6. The van der Waals surface area contributed by atoms with Gasteiger partial charge >= 0.3 is 12.4 Å². The summed E-state index contributed by atoms with van der Waals surface area (Å²) in [4.78, 5) is 13.7. The first-order chi connectivity index (χ1) is 20.7. The van der Waals surface area contributed by atoms with E-state index in [1.807, 2.05) is 33.0 Å². The molecule has 2 aliphatic carbocycles. The Kier molecular flexibility index (Phi) is 7.73. The van der Waals surface area contributed by atoms with Crippen LogP contribution in [0.25, 0.3) is 11.0 Å². The molecular weight excluding hydrogens is 582 g/mol. The summed E-state index contributed by atoms with van der Waals surface area (Å²) < 4.78 is 84.1. The van der Waals surface area contributed by atoms with Crippen LogP contribution in [0, 0.1) is 25.7 Å². The first-order valence-corrected chi connectivity index (χ1v) is 14.8. The summed E-state index contributed by atoms with van der Waals surface area (Å²) in [6.07, 6.45) is -3.62. The van der Waals surface area contributed by atoms with Gasteiger partial charge in [-0.25, -0.2) is 9.97 Å². The van der Waals surface area contributed by atoms with Crippen LogP contribution >= 0.6 is 0 Å². The van der Waals surface area contributed by atoms with Gasteiger partial charge in [-0.2, -0.15) is 31.4 Å². The van der Waals surface area contributed by atoms with E-state index in [2.05, 4.69) is 15.0 Å².